The van der Waals surface area contributed by atoms with Crippen LogP contribution in [0.15, 0.2) is 0 Å². The lowest BCUT2D eigenvalue weighted by molar-refractivity contribution is -0.139. The Labute approximate surface area is 129 Å². The van der Waals surface area contributed by atoms with Gasteiger partial charge >= 0.3 is 0 Å². The van der Waals surface area contributed by atoms with Crippen LogP contribution >= 0.6 is 0 Å². The van der Waals surface area contributed by atoms with Crippen molar-refractivity contribution >= 4 is 23.3 Å². The zero-order valence-electron chi connectivity index (χ0n) is 13.1. The Morgan fingerprint density at radius 1 is 1.36 bits per heavy atom. The average Bonchev–Trinajstić information content (AvgIpc) is 3.13. The number of hydrogen-bond acceptors (Lipinski definition) is 4. The Hall–Kier alpha value is -2.05. The first-order valence-electron chi connectivity index (χ1n) is 8.00. The van der Waals surface area contributed by atoms with Crippen molar-refractivity contribution in [3.63, 3.8) is 0 Å². The molecule has 0 aromatic carbocycles. The summed E-state index contributed by atoms with van der Waals surface area (Å²) in [6.07, 6.45) is 3.58. The lowest BCUT2D eigenvalue weighted by atomic mass is 10.1. The number of hydrogen-bond donors (Lipinski definition) is 3. The molecule has 7 heteroatoms. The number of likely N-dealkylation sites (tertiary alicyclic amines) is 1. The van der Waals surface area contributed by atoms with Gasteiger partial charge in [-0.3, -0.25) is 14.7 Å². The maximum Gasteiger partial charge on any atom is 0.248 e. The van der Waals surface area contributed by atoms with E-state index in [1.54, 1.807) is 4.90 Å². The molecule has 3 heterocycles. The molecule has 3 N–H and O–H groups in total. The smallest absolute Gasteiger partial charge is 0.248 e. The van der Waals surface area contributed by atoms with Gasteiger partial charge in [0.1, 0.15) is 11.7 Å². The van der Waals surface area contributed by atoms with E-state index in [9.17, 15) is 9.59 Å². The van der Waals surface area contributed by atoms with E-state index in [0.717, 1.165) is 37.2 Å². The van der Waals surface area contributed by atoms with Crippen molar-refractivity contribution in [1.82, 2.24) is 15.1 Å². The van der Waals surface area contributed by atoms with E-state index >= 15 is 0 Å². The van der Waals surface area contributed by atoms with Gasteiger partial charge in [0.25, 0.3) is 0 Å². The summed E-state index contributed by atoms with van der Waals surface area (Å²) in [5.41, 5.74) is 1.92. The molecule has 120 valence electrons. The van der Waals surface area contributed by atoms with Crippen LogP contribution in [0.1, 0.15) is 38.8 Å². The third-order valence-corrected chi connectivity index (χ3v) is 4.32. The van der Waals surface area contributed by atoms with E-state index in [0.29, 0.717) is 18.8 Å². The Bertz CT molecular complexity index is 580. The van der Waals surface area contributed by atoms with Crippen LogP contribution in [-0.4, -0.2) is 46.0 Å². The van der Waals surface area contributed by atoms with Crippen LogP contribution in [0, 0.1) is 5.92 Å². The minimum absolute atomic E-state index is 0.0415. The monoisotopic (exact) mass is 305 g/mol. The van der Waals surface area contributed by atoms with Gasteiger partial charge in [-0.1, -0.05) is 13.8 Å². The van der Waals surface area contributed by atoms with Gasteiger partial charge < -0.3 is 15.5 Å². The van der Waals surface area contributed by atoms with E-state index in [1.165, 1.54) is 0 Å². The molecule has 1 aromatic rings. The van der Waals surface area contributed by atoms with Gasteiger partial charge in [0.15, 0.2) is 5.82 Å². The summed E-state index contributed by atoms with van der Waals surface area (Å²) >= 11 is 0. The summed E-state index contributed by atoms with van der Waals surface area (Å²) < 4.78 is 0. The highest BCUT2D eigenvalue weighted by atomic mass is 16.2. The molecule has 1 saturated heterocycles. The number of H-pyrrole nitrogens is 1. The van der Waals surface area contributed by atoms with Crippen LogP contribution in [0.2, 0.25) is 0 Å². The molecule has 1 unspecified atom stereocenters. The summed E-state index contributed by atoms with van der Waals surface area (Å²) in [6, 6.07) is -0.383. The zero-order chi connectivity index (χ0) is 15.7. The zero-order valence-corrected chi connectivity index (χ0v) is 13.1. The Morgan fingerprint density at radius 3 is 2.95 bits per heavy atom. The van der Waals surface area contributed by atoms with Crippen molar-refractivity contribution in [2.45, 2.75) is 45.6 Å². The molecule has 7 nitrogen and oxygen atoms in total. The van der Waals surface area contributed by atoms with Gasteiger partial charge in [0.05, 0.1) is 5.69 Å². The fraction of sp³-hybridized carbons (Fsp3) is 0.667. The number of fused-ring (bicyclic) bond motifs is 1. The SMILES string of the molecule is CC(C)C(=O)N1CCCC1C(=O)Nc1n[nH]c2c1NCCC2. The number of aryl methyl sites for hydroxylation is 1. The van der Waals surface area contributed by atoms with Crippen molar-refractivity contribution in [1.29, 1.82) is 0 Å². The van der Waals surface area contributed by atoms with E-state index in [2.05, 4.69) is 20.8 Å². The van der Waals surface area contributed by atoms with Gasteiger partial charge in [-0.05, 0) is 25.7 Å². The van der Waals surface area contributed by atoms with E-state index in [1.807, 2.05) is 13.8 Å². The number of aromatic amines is 1. The molecule has 1 aromatic heterocycles. The van der Waals surface area contributed by atoms with E-state index in [4.69, 9.17) is 0 Å². The number of amides is 2. The van der Waals surface area contributed by atoms with E-state index in [-0.39, 0.29) is 23.8 Å². The first-order valence-corrected chi connectivity index (χ1v) is 8.00. The van der Waals surface area contributed by atoms with Crippen LogP contribution in [0.4, 0.5) is 11.5 Å². The van der Waals surface area contributed by atoms with Crippen molar-refractivity contribution in [3.8, 4) is 0 Å². The van der Waals surface area contributed by atoms with Crippen molar-refractivity contribution in [2.24, 2.45) is 5.92 Å². The number of nitrogens with zero attached hydrogens (tertiary/aromatic N) is 2. The number of nitrogens with one attached hydrogen (secondary N) is 3. The first kappa shape index (κ1) is 14.9. The number of carbonyl (C=O) groups excluding carboxylic acids is 2. The van der Waals surface area contributed by atoms with Gasteiger partial charge in [-0.2, -0.15) is 5.10 Å². The molecule has 0 aliphatic carbocycles. The molecule has 0 spiro atoms. The summed E-state index contributed by atoms with van der Waals surface area (Å²) in [5, 5.41) is 13.3. The minimum atomic E-state index is -0.383. The topological polar surface area (TPSA) is 90.1 Å². The predicted octanol–water partition coefficient (Wildman–Crippen LogP) is 1.35. The molecule has 2 aliphatic rings. The second-order valence-electron chi connectivity index (χ2n) is 6.29. The Morgan fingerprint density at radius 2 is 2.18 bits per heavy atom. The molecular weight excluding hydrogens is 282 g/mol. The second kappa shape index (κ2) is 5.98. The summed E-state index contributed by atoms with van der Waals surface area (Å²) in [4.78, 5) is 26.5. The number of carbonyl (C=O) groups is 2. The van der Waals surface area contributed by atoms with Crippen molar-refractivity contribution < 1.29 is 9.59 Å². The molecule has 0 saturated carbocycles. The maximum atomic E-state index is 12.5. The summed E-state index contributed by atoms with van der Waals surface area (Å²) in [5.74, 6) is 0.352. The van der Waals surface area contributed by atoms with Crippen molar-refractivity contribution in [2.75, 3.05) is 23.7 Å². The fourth-order valence-corrected chi connectivity index (χ4v) is 3.15. The fourth-order valence-electron chi connectivity index (χ4n) is 3.15. The normalized spacial score (nSPS) is 20.7. The maximum absolute atomic E-state index is 12.5. The summed E-state index contributed by atoms with van der Waals surface area (Å²) in [7, 11) is 0. The average molecular weight is 305 g/mol. The standard InChI is InChI=1S/C15H23N5O2/c1-9(2)15(22)20-8-4-6-11(20)14(21)17-13-12-10(18-19-13)5-3-7-16-12/h9,11,16H,3-8H2,1-2H3,(H2,17,18,19,21). The molecule has 1 atom stereocenters. The lowest BCUT2D eigenvalue weighted by Gasteiger charge is -2.25. The Kier molecular flexibility index (Phi) is 4.04. The molecular formula is C15H23N5O2. The first-order chi connectivity index (χ1) is 10.6. The number of anilines is 2. The van der Waals surface area contributed by atoms with Gasteiger partial charge in [0.2, 0.25) is 11.8 Å². The molecule has 0 bridgehead atoms. The lowest BCUT2D eigenvalue weighted by Crippen LogP contribution is -2.44. The molecule has 0 radical (unpaired) electrons. The third kappa shape index (κ3) is 2.67. The molecule has 3 rings (SSSR count). The highest BCUT2D eigenvalue weighted by Crippen LogP contribution is 2.28. The molecule has 2 amide bonds. The molecule has 1 fully saturated rings. The second-order valence-corrected chi connectivity index (χ2v) is 6.29. The highest BCUT2D eigenvalue weighted by Gasteiger charge is 2.35. The van der Waals surface area contributed by atoms with Gasteiger partial charge in [0, 0.05) is 19.0 Å². The van der Waals surface area contributed by atoms with Crippen LogP contribution in [0.5, 0.6) is 0 Å². The Balaban J connectivity index is 1.71. The quantitative estimate of drug-likeness (QED) is 0.786. The van der Waals surface area contributed by atoms with Crippen LogP contribution in [0.25, 0.3) is 0 Å². The summed E-state index contributed by atoms with van der Waals surface area (Å²) in [6.45, 7) is 5.27. The van der Waals surface area contributed by atoms with Crippen LogP contribution < -0.4 is 10.6 Å². The predicted molar refractivity (Wildman–Crippen MR) is 83.6 cm³/mol. The van der Waals surface area contributed by atoms with E-state index < -0.39 is 0 Å². The third-order valence-electron chi connectivity index (χ3n) is 4.32. The molecule has 22 heavy (non-hydrogen) atoms. The highest BCUT2D eigenvalue weighted by molar-refractivity contribution is 5.99. The van der Waals surface area contributed by atoms with Crippen molar-refractivity contribution in [3.05, 3.63) is 5.69 Å². The van der Waals surface area contributed by atoms with Crippen LogP contribution in [0.3, 0.4) is 0 Å². The van der Waals surface area contributed by atoms with Gasteiger partial charge in [-0.15, -0.1) is 0 Å². The number of aromatic nitrogens is 2. The number of rotatable bonds is 3. The van der Waals surface area contributed by atoms with Crippen LogP contribution in [-0.2, 0) is 16.0 Å². The molecule has 2 aliphatic heterocycles. The largest absolute Gasteiger partial charge is 0.381 e. The van der Waals surface area contributed by atoms with Gasteiger partial charge in [-0.25, -0.2) is 0 Å². The minimum Gasteiger partial charge on any atom is -0.381 e.